The number of hydrogen-bond acceptors (Lipinski definition) is 4. The molecule has 146 valence electrons. The lowest BCUT2D eigenvalue weighted by Gasteiger charge is -2.15. The number of nitrogens with one attached hydrogen (secondary N) is 1. The van der Waals surface area contributed by atoms with E-state index >= 15 is 0 Å². The van der Waals surface area contributed by atoms with Gasteiger partial charge in [0.1, 0.15) is 11.4 Å². The van der Waals surface area contributed by atoms with Gasteiger partial charge in [0.2, 0.25) is 0 Å². The standard InChI is InChI=1S/C18H13Cl3N2O3S2/c19-13-8-17(23-28(25,26)14-6-7-15(20)16(21)9-14)18(22-10-13)27(24)11-12-4-2-1-3-5-12/h1-10,23H,11H2. The maximum absolute atomic E-state index is 12.8. The molecule has 5 nitrogen and oxygen atoms in total. The zero-order chi connectivity index (χ0) is 20.3. The number of hydrogen-bond donors (Lipinski definition) is 1. The molecule has 3 aromatic rings. The van der Waals surface area contributed by atoms with Crippen LogP contribution >= 0.6 is 34.8 Å². The van der Waals surface area contributed by atoms with Crippen LogP contribution in [0.2, 0.25) is 15.1 Å². The third kappa shape index (κ3) is 5.11. The lowest BCUT2D eigenvalue weighted by atomic mass is 10.2. The molecular formula is C18H13Cl3N2O3S2. The van der Waals surface area contributed by atoms with Crippen molar-refractivity contribution in [1.82, 2.24) is 4.98 Å². The van der Waals surface area contributed by atoms with Gasteiger partial charge in [0.25, 0.3) is 15.0 Å². The number of halogens is 3. The first-order valence-electron chi connectivity index (χ1n) is 7.82. The third-order valence-electron chi connectivity index (χ3n) is 3.62. The molecule has 1 unspecified atom stereocenters. The second kappa shape index (κ2) is 8.90. The Morgan fingerprint density at radius 2 is 1.71 bits per heavy atom. The molecule has 0 aliphatic heterocycles. The van der Waals surface area contributed by atoms with Crippen molar-refractivity contribution in [3.8, 4) is 0 Å². The first-order chi connectivity index (χ1) is 13.3. The molecule has 1 heterocycles. The second-order valence-corrected chi connectivity index (χ2v) is 9.96. The van der Waals surface area contributed by atoms with E-state index in [0.717, 1.165) is 5.56 Å². The van der Waals surface area contributed by atoms with Crippen molar-refractivity contribution in [2.45, 2.75) is 15.7 Å². The molecular weight excluding hydrogens is 463 g/mol. The molecule has 0 saturated carbocycles. The van der Waals surface area contributed by atoms with Crippen molar-refractivity contribution in [3.05, 3.63) is 81.4 Å². The molecule has 0 aliphatic rings. The van der Waals surface area contributed by atoms with Gasteiger partial charge in [-0.05, 0) is 24.3 Å². The largest absolute Gasteiger partial charge is 0.610 e. The summed E-state index contributed by atoms with van der Waals surface area (Å²) in [7, 11) is -4.02. The monoisotopic (exact) mass is 474 g/mol. The topological polar surface area (TPSA) is 82.1 Å². The van der Waals surface area contributed by atoms with Crippen LogP contribution in [0.1, 0.15) is 5.56 Å². The van der Waals surface area contributed by atoms with Gasteiger partial charge in [-0.1, -0.05) is 65.1 Å². The molecule has 0 radical (unpaired) electrons. The van der Waals surface area contributed by atoms with Crippen molar-refractivity contribution in [3.63, 3.8) is 0 Å². The minimum absolute atomic E-state index is 0.0350. The maximum Gasteiger partial charge on any atom is 0.269 e. The van der Waals surface area contributed by atoms with Gasteiger partial charge in [0.15, 0.2) is 0 Å². The highest BCUT2D eigenvalue weighted by molar-refractivity contribution is 7.93. The average Bonchev–Trinajstić information content (AvgIpc) is 2.64. The van der Waals surface area contributed by atoms with Crippen LogP contribution in [0.4, 0.5) is 5.69 Å². The Morgan fingerprint density at radius 1 is 1.00 bits per heavy atom. The fourth-order valence-electron chi connectivity index (χ4n) is 2.32. The number of pyridine rings is 1. The molecule has 0 amide bonds. The molecule has 2 aromatic carbocycles. The third-order valence-corrected chi connectivity index (χ3v) is 7.28. The maximum atomic E-state index is 12.8. The Balaban J connectivity index is 1.93. The highest BCUT2D eigenvalue weighted by atomic mass is 35.5. The summed E-state index contributed by atoms with van der Waals surface area (Å²) in [5, 5.41) is 0.612. The average molecular weight is 476 g/mol. The molecule has 1 atom stereocenters. The SMILES string of the molecule is O=S(=O)(Nc1cc(Cl)cnc1[S+]([O-])Cc1ccccc1)c1ccc(Cl)c(Cl)c1. The molecule has 0 saturated heterocycles. The van der Waals surface area contributed by atoms with E-state index in [1.165, 1.54) is 30.5 Å². The van der Waals surface area contributed by atoms with E-state index in [1.807, 2.05) is 30.3 Å². The summed E-state index contributed by atoms with van der Waals surface area (Å²) in [5.74, 6) is 0.178. The van der Waals surface area contributed by atoms with E-state index in [9.17, 15) is 13.0 Å². The van der Waals surface area contributed by atoms with Crippen LogP contribution < -0.4 is 4.72 Å². The minimum Gasteiger partial charge on any atom is -0.610 e. The number of benzene rings is 2. The van der Waals surface area contributed by atoms with Gasteiger partial charge in [-0.15, -0.1) is 0 Å². The zero-order valence-electron chi connectivity index (χ0n) is 14.1. The summed E-state index contributed by atoms with van der Waals surface area (Å²) >= 11 is 16.1. The predicted molar refractivity (Wildman–Crippen MR) is 113 cm³/mol. The Morgan fingerprint density at radius 3 is 2.39 bits per heavy atom. The molecule has 3 rings (SSSR count). The van der Waals surface area contributed by atoms with Crippen LogP contribution in [0, 0.1) is 0 Å². The van der Waals surface area contributed by atoms with Crippen molar-refractivity contribution >= 4 is 61.7 Å². The predicted octanol–water partition coefficient (Wildman–Crippen LogP) is 5.15. The Bertz CT molecular complexity index is 1100. The molecule has 0 aliphatic carbocycles. The van der Waals surface area contributed by atoms with Crippen LogP contribution in [-0.4, -0.2) is 18.0 Å². The fraction of sp³-hybridized carbons (Fsp3) is 0.0556. The van der Waals surface area contributed by atoms with Crippen molar-refractivity contribution in [2.75, 3.05) is 4.72 Å². The quantitative estimate of drug-likeness (QED) is 0.500. The lowest BCUT2D eigenvalue weighted by molar-refractivity contribution is 0.591. The molecule has 0 bridgehead atoms. The summed E-state index contributed by atoms with van der Waals surface area (Å²) in [6.07, 6.45) is 1.32. The van der Waals surface area contributed by atoms with Gasteiger partial charge in [0, 0.05) is 16.7 Å². The molecule has 0 fully saturated rings. The molecule has 0 spiro atoms. The summed E-state index contributed by atoms with van der Waals surface area (Å²) < 4.78 is 40.6. The molecule has 1 aromatic heterocycles. The lowest BCUT2D eigenvalue weighted by Crippen LogP contribution is -2.17. The van der Waals surface area contributed by atoms with Crippen LogP contribution in [0.3, 0.4) is 0 Å². The summed E-state index contributed by atoms with van der Waals surface area (Å²) in [5.41, 5.74) is 0.865. The number of nitrogens with zero attached hydrogens (tertiary/aromatic N) is 1. The van der Waals surface area contributed by atoms with Gasteiger partial charge in [-0.3, -0.25) is 4.72 Å². The highest BCUT2D eigenvalue weighted by Gasteiger charge is 2.24. The van der Waals surface area contributed by atoms with E-state index in [0.29, 0.717) is 0 Å². The summed E-state index contributed by atoms with van der Waals surface area (Å²) in [4.78, 5) is 3.98. The smallest absolute Gasteiger partial charge is 0.269 e. The molecule has 10 heteroatoms. The second-order valence-electron chi connectivity index (χ2n) is 5.66. The first kappa shape index (κ1) is 21.2. The Labute approximate surface area is 180 Å². The first-order valence-corrected chi connectivity index (χ1v) is 11.8. The van der Waals surface area contributed by atoms with E-state index in [-0.39, 0.29) is 36.4 Å². The van der Waals surface area contributed by atoms with Crippen LogP contribution in [0.25, 0.3) is 0 Å². The van der Waals surface area contributed by atoms with Gasteiger partial charge in [-0.2, -0.15) is 0 Å². The number of anilines is 1. The normalized spacial score (nSPS) is 12.6. The van der Waals surface area contributed by atoms with Crippen molar-refractivity contribution in [2.24, 2.45) is 0 Å². The number of rotatable bonds is 6. The fourth-order valence-corrected chi connectivity index (χ4v) is 5.15. The van der Waals surface area contributed by atoms with Gasteiger partial charge < -0.3 is 4.55 Å². The van der Waals surface area contributed by atoms with E-state index in [1.54, 1.807) is 0 Å². The summed E-state index contributed by atoms with van der Waals surface area (Å²) in [6.45, 7) is 0. The summed E-state index contributed by atoms with van der Waals surface area (Å²) in [6, 6.07) is 14.4. The van der Waals surface area contributed by atoms with Crippen molar-refractivity contribution in [1.29, 1.82) is 0 Å². The Hall–Kier alpha value is -1.48. The van der Waals surface area contributed by atoms with E-state index < -0.39 is 21.2 Å². The number of aromatic nitrogens is 1. The molecule has 28 heavy (non-hydrogen) atoms. The zero-order valence-corrected chi connectivity index (χ0v) is 18.0. The van der Waals surface area contributed by atoms with E-state index in [4.69, 9.17) is 34.8 Å². The van der Waals surface area contributed by atoms with Crippen LogP contribution in [0.5, 0.6) is 0 Å². The molecule has 1 N–H and O–H groups in total. The minimum atomic E-state index is -4.02. The van der Waals surface area contributed by atoms with E-state index in [2.05, 4.69) is 9.71 Å². The highest BCUT2D eigenvalue weighted by Crippen LogP contribution is 2.30. The van der Waals surface area contributed by atoms with Gasteiger partial charge >= 0.3 is 0 Å². The number of sulfonamides is 1. The van der Waals surface area contributed by atoms with Crippen LogP contribution in [-0.2, 0) is 27.0 Å². The van der Waals surface area contributed by atoms with Gasteiger partial charge in [0.05, 0.1) is 26.2 Å². The van der Waals surface area contributed by atoms with Crippen LogP contribution in [0.15, 0.2) is 70.7 Å². The van der Waals surface area contributed by atoms with Gasteiger partial charge in [-0.25, -0.2) is 13.4 Å². The Kier molecular flexibility index (Phi) is 6.75. The van der Waals surface area contributed by atoms with Crippen molar-refractivity contribution < 1.29 is 13.0 Å².